The monoisotopic (exact) mass is 375 g/mol. The predicted octanol–water partition coefficient (Wildman–Crippen LogP) is 5.28. The van der Waals surface area contributed by atoms with Gasteiger partial charge in [-0.15, -0.1) is 0 Å². The lowest BCUT2D eigenvalue weighted by Crippen LogP contribution is -2.22. The van der Waals surface area contributed by atoms with E-state index in [0.29, 0.717) is 17.7 Å². The van der Waals surface area contributed by atoms with Gasteiger partial charge in [-0.25, -0.2) is 0 Å². The van der Waals surface area contributed by atoms with E-state index < -0.39 is 0 Å². The molecule has 4 aromatic carbocycles. The molecule has 0 bridgehead atoms. The topological polar surface area (TPSA) is 68.7 Å². The number of fused-ring (bicyclic) bond motifs is 4. The van der Waals surface area contributed by atoms with Gasteiger partial charge in [-0.3, -0.25) is 4.79 Å². The molecule has 0 aliphatic rings. The summed E-state index contributed by atoms with van der Waals surface area (Å²) in [6.45, 7) is 0.444. The van der Waals surface area contributed by atoms with Gasteiger partial charge in [-0.05, 0) is 52.7 Å². The van der Waals surface area contributed by atoms with E-state index >= 15 is 0 Å². The minimum Gasteiger partial charge on any atom is -0.354 e. The molecule has 1 amide bonds. The number of nitriles is 1. The van der Waals surface area contributed by atoms with E-state index in [2.05, 4.69) is 22.4 Å². The van der Waals surface area contributed by atoms with E-state index in [1.807, 2.05) is 66.7 Å². The summed E-state index contributed by atoms with van der Waals surface area (Å²) in [7, 11) is 0. The molecule has 1 heterocycles. The molecule has 0 unspecified atom stereocenters. The van der Waals surface area contributed by atoms with Crippen molar-refractivity contribution in [2.24, 2.45) is 0 Å². The van der Waals surface area contributed by atoms with Crippen LogP contribution < -0.4 is 5.32 Å². The number of benzene rings is 4. The quantitative estimate of drug-likeness (QED) is 0.451. The Hall–Kier alpha value is -4.10. The minimum atomic E-state index is -0.106. The van der Waals surface area contributed by atoms with Crippen LogP contribution in [0.3, 0.4) is 0 Å². The van der Waals surface area contributed by atoms with Gasteiger partial charge in [-0.1, -0.05) is 42.5 Å². The average molecular weight is 375 g/mol. The Kier molecular flexibility index (Phi) is 4.00. The number of rotatable bonds is 3. The molecule has 0 aliphatic carbocycles. The summed E-state index contributed by atoms with van der Waals surface area (Å²) in [6.07, 6.45) is 0. The van der Waals surface area contributed by atoms with E-state index in [4.69, 9.17) is 5.26 Å². The molecule has 0 saturated carbocycles. The van der Waals surface area contributed by atoms with Gasteiger partial charge in [0.25, 0.3) is 5.91 Å². The van der Waals surface area contributed by atoms with Gasteiger partial charge < -0.3 is 10.3 Å². The maximum absolute atomic E-state index is 12.7. The zero-order valence-corrected chi connectivity index (χ0v) is 15.6. The number of hydrogen-bond acceptors (Lipinski definition) is 2. The second-order valence-electron chi connectivity index (χ2n) is 7.12. The van der Waals surface area contributed by atoms with Crippen LogP contribution in [0, 0.1) is 11.3 Å². The Morgan fingerprint density at radius 3 is 2.55 bits per heavy atom. The third-order valence-electron chi connectivity index (χ3n) is 5.26. The summed E-state index contributed by atoms with van der Waals surface area (Å²) < 4.78 is 0. The summed E-state index contributed by atoms with van der Waals surface area (Å²) in [6, 6.07) is 27.6. The van der Waals surface area contributed by atoms with Gasteiger partial charge in [0.1, 0.15) is 0 Å². The first-order valence-electron chi connectivity index (χ1n) is 9.43. The van der Waals surface area contributed by atoms with Crippen LogP contribution in [-0.2, 0) is 6.54 Å². The number of nitrogens with one attached hydrogen (secondary N) is 2. The van der Waals surface area contributed by atoms with Crippen LogP contribution in [-0.4, -0.2) is 10.9 Å². The molecule has 2 N–H and O–H groups in total. The van der Waals surface area contributed by atoms with Crippen molar-refractivity contribution in [3.8, 4) is 6.07 Å². The van der Waals surface area contributed by atoms with Crippen molar-refractivity contribution in [1.29, 1.82) is 5.26 Å². The second-order valence-corrected chi connectivity index (χ2v) is 7.12. The van der Waals surface area contributed by atoms with Gasteiger partial charge >= 0.3 is 0 Å². The zero-order valence-electron chi connectivity index (χ0n) is 15.6. The number of H-pyrrole nitrogens is 1. The Bertz CT molecular complexity index is 1440. The number of amides is 1. The highest BCUT2D eigenvalue weighted by atomic mass is 16.1. The summed E-state index contributed by atoms with van der Waals surface area (Å²) in [5, 5.41) is 16.3. The van der Waals surface area contributed by atoms with Crippen molar-refractivity contribution < 1.29 is 4.79 Å². The molecule has 5 aromatic rings. The van der Waals surface area contributed by atoms with Gasteiger partial charge in [0, 0.05) is 33.9 Å². The highest BCUT2D eigenvalue weighted by molar-refractivity contribution is 6.09. The fourth-order valence-electron chi connectivity index (χ4n) is 3.75. The van der Waals surface area contributed by atoms with Crippen molar-refractivity contribution >= 4 is 38.5 Å². The van der Waals surface area contributed by atoms with Crippen molar-refractivity contribution in [2.75, 3.05) is 0 Å². The first-order chi connectivity index (χ1) is 14.2. The summed E-state index contributed by atoms with van der Waals surface area (Å²) in [4.78, 5) is 16.0. The van der Waals surface area contributed by atoms with Crippen LogP contribution in [0.1, 0.15) is 21.5 Å². The predicted molar refractivity (Wildman–Crippen MR) is 116 cm³/mol. The van der Waals surface area contributed by atoms with Crippen LogP contribution in [0.4, 0.5) is 0 Å². The van der Waals surface area contributed by atoms with Gasteiger partial charge in [0.2, 0.25) is 0 Å². The number of para-hydroxylation sites is 1. The smallest absolute Gasteiger partial charge is 0.251 e. The van der Waals surface area contributed by atoms with Crippen LogP contribution in [0.15, 0.2) is 78.9 Å². The zero-order chi connectivity index (χ0) is 19.8. The van der Waals surface area contributed by atoms with Crippen molar-refractivity contribution in [2.45, 2.75) is 6.54 Å². The van der Waals surface area contributed by atoms with Gasteiger partial charge in [-0.2, -0.15) is 5.26 Å². The SMILES string of the molecule is N#Cc1ccc2cc(CNC(=O)c3ccc4c(c3)[nH]c3ccccc34)ccc2c1. The van der Waals surface area contributed by atoms with Crippen molar-refractivity contribution in [3.63, 3.8) is 0 Å². The lowest BCUT2D eigenvalue weighted by molar-refractivity contribution is 0.0951. The van der Waals surface area contributed by atoms with E-state index in [9.17, 15) is 4.79 Å². The molecule has 5 rings (SSSR count). The summed E-state index contributed by atoms with van der Waals surface area (Å²) in [5.74, 6) is -0.106. The highest BCUT2D eigenvalue weighted by Crippen LogP contribution is 2.26. The van der Waals surface area contributed by atoms with Crippen LogP contribution in [0.25, 0.3) is 32.6 Å². The third kappa shape index (κ3) is 3.09. The molecular weight excluding hydrogens is 358 g/mol. The van der Waals surface area contributed by atoms with Crippen molar-refractivity contribution in [1.82, 2.24) is 10.3 Å². The molecule has 0 saturated heterocycles. The molecular formula is C25H17N3O. The average Bonchev–Trinajstić information content (AvgIpc) is 3.14. The highest BCUT2D eigenvalue weighted by Gasteiger charge is 2.09. The lowest BCUT2D eigenvalue weighted by Gasteiger charge is -2.07. The lowest BCUT2D eigenvalue weighted by atomic mass is 10.0. The molecule has 0 aliphatic heterocycles. The molecule has 29 heavy (non-hydrogen) atoms. The maximum Gasteiger partial charge on any atom is 0.251 e. The van der Waals surface area contributed by atoms with Gasteiger partial charge in [0.05, 0.1) is 11.6 Å². The fourth-order valence-corrected chi connectivity index (χ4v) is 3.75. The van der Waals surface area contributed by atoms with E-state index in [0.717, 1.165) is 38.1 Å². The number of nitrogens with zero attached hydrogens (tertiary/aromatic N) is 1. The van der Waals surface area contributed by atoms with E-state index in [1.54, 1.807) is 6.07 Å². The van der Waals surface area contributed by atoms with E-state index in [-0.39, 0.29) is 5.91 Å². The van der Waals surface area contributed by atoms with Gasteiger partial charge in [0.15, 0.2) is 0 Å². The fraction of sp³-hybridized carbons (Fsp3) is 0.0400. The van der Waals surface area contributed by atoms with Crippen LogP contribution in [0.2, 0.25) is 0 Å². The largest absolute Gasteiger partial charge is 0.354 e. The van der Waals surface area contributed by atoms with Crippen LogP contribution >= 0.6 is 0 Å². The first kappa shape index (κ1) is 17.0. The van der Waals surface area contributed by atoms with Crippen LogP contribution in [0.5, 0.6) is 0 Å². The molecule has 0 spiro atoms. The summed E-state index contributed by atoms with van der Waals surface area (Å²) in [5.41, 5.74) is 4.31. The Morgan fingerprint density at radius 1 is 0.862 bits per heavy atom. The molecule has 0 fully saturated rings. The molecule has 4 heteroatoms. The molecule has 4 nitrogen and oxygen atoms in total. The number of hydrogen-bond donors (Lipinski definition) is 2. The molecule has 1 aromatic heterocycles. The third-order valence-corrected chi connectivity index (χ3v) is 5.26. The Balaban J connectivity index is 1.36. The first-order valence-corrected chi connectivity index (χ1v) is 9.43. The number of carbonyl (C=O) groups is 1. The number of carbonyl (C=O) groups excluding carboxylic acids is 1. The standard InChI is InChI=1S/C25H17N3O/c26-14-16-5-7-19-12-17(6-8-18(19)11-16)15-27-25(29)20-9-10-22-21-3-1-2-4-23(21)28-24(22)13-20/h1-13,28H,15H2,(H,27,29). The van der Waals surface area contributed by atoms with E-state index in [1.165, 1.54) is 0 Å². The Labute approximate surface area is 167 Å². The minimum absolute atomic E-state index is 0.106. The second kappa shape index (κ2) is 6.81. The van der Waals surface area contributed by atoms with Crippen molar-refractivity contribution in [3.05, 3.63) is 95.6 Å². The number of aromatic amines is 1. The molecule has 0 atom stereocenters. The Morgan fingerprint density at radius 2 is 1.66 bits per heavy atom. The molecule has 0 radical (unpaired) electrons. The number of aromatic nitrogens is 1. The maximum atomic E-state index is 12.7. The molecule has 138 valence electrons. The normalized spacial score (nSPS) is 11.0. The summed E-state index contributed by atoms with van der Waals surface area (Å²) >= 11 is 0.